The van der Waals surface area contributed by atoms with Crippen molar-refractivity contribution in [2.75, 3.05) is 26.7 Å². The molecule has 0 spiro atoms. The molecule has 118 valence electrons. The summed E-state index contributed by atoms with van der Waals surface area (Å²) in [7, 11) is -1.56. The maximum absolute atomic E-state index is 12.7. The van der Waals surface area contributed by atoms with E-state index < -0.39 is 10.2 Å². The predicted molar refractivity (Wildman–Crippen MR) is 81.5 cm³/mol. The van der Waals surface area contributed by atoms with Crippen molar-refractivity contribution in [2.45, 2.75) is 51.5 Å². The van der Waals surface area contributed by atoms with E-state index >= 15 is 0 Å². The summed E-state index contributed by atoms with van der Waals surface area (Å²) >= 11 is 0. The summed E-state index contributed by atoms with van der Waals surface area (Å²) in [6.07, 6.45) is 6.23. The molecule has 6 heteroatoms. The highest BCUT2D eigenvalue weighted by Gasteiger charge is 2.35. The molecule has 0 aromatic carbocycles. The predicted octanol–water partition coefficient (Wildman–Crippen LogP) is 1.41. The topological polar surface area (TPSA) is 66.6 Å². The first-order valence-electron chi connectivity index (χ1n) is 7.88. The smallest absolute Gasteiger partial charge is 0.281 e. The van der Waals surface area contributed by atoms with Crippen LogP contribution in [0.1, 0.15) is 45.4 Å². The molecule has 0 aromatic rings. The molecule has 0 amide bonds. The van der Waals surface area contributed by atoms with Gasteiger partial charge in [0.1, 0.15) is 0 Å². The molecule has 2 aliphatic rings. The van der Waals surface area contributed by atoms with Crippen molar-refractivity contribution < 1.29 is 8.42 Å². The Labute approximate surface area is 123 Å². The van der Waals surface area contributed by atoms with E-state index in [1.54, 1.807) is 15.7 Å². The van der Waals surface area contributed by atoms with Gasteiger partial charge in [-0.15, -0.1) is 0 Å². The Balaban J connectivity index is 2.01. The average Bonchev–Trinajstić information content (AvgIpc) is 2.47. The van der Waals surface area contributed by atoms with Gasteiger partial charge in [0.15, 0.2) is 0 Å². The minimum atomic E-state index is -3.31. The van der Waals surface area contributed by atoms with Crippen molar-refractivity contribution in [3.05, 3.63) is 0 Å². The molecule has 1 unspecified atom stereocenters. The molecule has 1 heterocycles. The molecule has 1 aliphatic carbocycles. The van der Waals surface area contributed by atoms with Crippen LogP contribution in [-0.2, 0) is 10.2 Å². The summed E-state index contributed by atoms with van der Waals surface area (Å²) in [5.41, 5.74) is 5.71. The van der Waals surface area contributed by atoms with E-state index in [0.717, 1.165) is 44.4 Å². The lowest BCUT2D eigenvalue weighted by Crippen LogP contribution is -2.51. The van der Waals surface area contributed by atoms with Gasteiger partial charge in [0.05, 0.1) is 0 Å². The van der Waals surface area contributed by atoms with Gasteiger partial charge >= 0.3 is 0 Å². The highest BCUT2D eigenvalue weighted by Crippen LogP contribution is 2.29. The third kappa shape index (κ3) is 3.53. The molecule has 2 fully saturated rings. The number of piperidine rings is 1. The van der Waals surface area contributed by atoms with Crippen LogP contribution in [0.3, 0.4) is 0 Å². The van der Waals surface area contributed by atoms with Crippen LogP contribution in [0.4, 0.5) is 0 Å². The molecule has 5 nitrogen and oxygen atoms in total. The third-order valence-electron chi connectivity index (χ3n) is 5.00. The summed E-state index contributed by atoms with van der Waals surface area (Å²) in [5.74, 6) is 1.05. The Hall–Kier alpha value is -0.170. The SMILES string of the molecule is CC1CCC(N(C)S(=O)(=O)N2CCCC(CN)C2)CC1. The van der Waals surface area contributed by atoms with Crippen LogP contribution in [-0.4, -0.2) is 49.8 Å². The fourth-order valence-corrected chi connectivity index (χ4v) is 5.12. The Morgan fingerprint density at radius 2 is 1.85 bits per heavy atom. The van der Waals surface area contributed by atoms with Crippen molar-refractivity contribution in [3.8, 4) is 0 Å². The number of hydrogen-bond donors (Lipinski definition) is 1. The van der Waals surface area contributed by atoms with Crippen molar-refractivity contribution >= 4 is 10.2 Å². The highest BCUT2D eigenvalue weighted by molar-refractivity contribution is 7.86. The molecular formula is C14H29N3O2S. The van der Waals surface area contributed by atoms with Crippen LogP contribution in [0.25, 0.3) is 0 Å². The van der Waals surface area contributed by atoms with Gasteiger partial charge in [-0.2, -0.15) is 17.0 Å². The number of hydrogen-bond acceptors (Lipinski definition) is 3. The summed E-state index contributed by atoms with van der Waals surface area (Å²) in [5, 5.41) is 0. The maximum atomic E-state index is 12.7. The van der Waals surface area contributed by atoms with Crippen molar-refractivity contribution in [2.24, 2.45) is 17.6 Å². The second kappa shape index (κ2) is 6.73. The van der Waals surface area contributed by atoms with Crippen LogP contribution < -0.4 is 5.73 Å². The number of nitrogens with zero attached hydrogens (tertiary/aromatic N) is 2. The molecule has 1 aliphatic heterocycles. The lowest BCUT2D eigenvalue weighted by molar-refractivity contribution is 0.213. The van der Waals surface area contributed by atoms with E-state index in [1.807, 2.05) is 0 Å². The molecule has 2 rings (SSSR count). The fourth-order valence-electron chi connectivity index (χ4n) is 3.41. The van der Waals surface area contributed by atoms with Gasteiger partial charge in [-0.3, -0.25) is 0 Å². The lowest BCUT2D eigenvalue weighted by atomic mass is 9.87. The summed E-state index contributed by atoms with van der Waals surface area (Å²) in [6.45, 7) is 4.07. The normalized spacial score (nSPS) is 33.5. The Kier molecular flexibility index (Phi) is 5.45. The van der Waals surface area contributed by atoms with Gasteiger partial charge in [-0.1, -0.05) is 6.92 Å². The largest absolute Gasteiger partial charge is 0.330 e. The minimum Gasteiger partial charge on any atom is -0.330 e. The van der Waals surface area contributed by atoms with E-state index in [-0.39, 0.29) is 6.04 Å². The molecular weight excluding hydrogens is 274 g/mol. The molecule has 1 saturated heterocycles. The maximum Gasteiger partial charge on any atom is 0.281 e. The Morgan fingerprint density at radius 3 is 2.45 bits per heavy atom. The summed E-state index contributed by atoms with van der Waals surface area (Å²) in [4.78, 5) is 0. The van der Waals surface area contributed by atoms with Crippen LogP contribution in [0, 0.1) is 11.8 Å². The molecule has 0 radical (unpaired) electrons. The van der Waals surface area contributed by atoms with Gasteiger partial charge in [0.25, 0.3) is 10.2 Å². The Morgan fingerprint density at radius 1 is 1.20 bits per heavy atom. The van der Waals surface area contributed by atoms with Crippen LogP contribution in [0.2, 0.25) is 0 Å². The number of rotatable bonds is 4. The molecule has 20 heavy (non-hydrogen) atoms. The molecule has 0 aromatic heterocycles. The second-order valence-electron chi connectivity index (χ2n) is 6.54. The second-order valence-corrected chi connectivity index (χ2v) is 8.53. The zero-order valence-corrected chi connectivity index (χ0v) is 13.6. The first kappa shape index (κ1) is 16.2. The van der Waals surface area contributed by atoms with Gasteiger partial charge in [0.2, 0.25) is 0 Å². The first-order chi connectivity index (χ1) is 9.45. The fraction of sp³-hybridized carbons (Fsp3) is 1.00. The minimum absolute atomic E-state index is 0.175. The van der Waals surface area contributed by atoms with E-state index in [4.69, 9.17) is 5.73 Å². The van der Waals surface area contributed by atoms with Crippen molar-refractivity contribution in [1.82, 2.24) is 8.61 Å². The molecule has 2 N–H and O–H groups in total. The van der Waals surface area contributed by atoms with Crippen molar-refractivity contribution in [3.63, 3.8) is 0 Å². The van der Waals surface area contributed by atoms with Crippen LogP contribution >= 0.6 is 0 Å². The number of nitrogens with two attached hydrogens (primary N) is 1. The van der Waals surface area contributed by atoms with Gasteiger partial charge in [-0.25, -0.2) is 0 Å². The molecule has 1 atom stereocenters. The Bertz CT molecular complexity index is 405. The van der Waals surface area contributed by atoms with E-state index in [1.165, 1.54) is 0 Å². The third-order valence-corrected chi connectivity index (χ3v) is 7.02. The summed E-state index contributed by atoms with van der Waals surface area (Å²) < 4.78 is 28.7. The average molecular weight is 303 g/mol. The first-order valence-corrected chi connectivity index (χ1v) is 9.28. The van der Waals surface area contributed by atoms with E-state index in [2.05, 4.69) is 6.92 Å². The summed E-state index contributed by atoms with van der Waals surface area (Å²) in [6, 6.07) is 0.175. The van der Waals surface area contributed by atoms with Crippen LogP contribution in [0.15, 0.2) is 0 Å². The molecule has 1 saturated carbocycles. The monoisotopic (exact) mass is 303 g/mol. The van der Waals surface area contributed by atoms with Gasteiger partial charge in [0, 0.05) is 26.2 Å². The van der Waals surface area contributed by atoms with E-state index in [9.17, 15) is 8.42 Å². The van der Waals surface area contributed by atoms with Crippen LogP contribution in [0.5, 0.6) is 0 Å². The quantitative estimate of drug-likeness (QED) is 0.854. The lowest BCUT2D eigenvalue weighted by Gasteiger charge is -2.38. The molecule has 0 bridgehead atoms. The standard InChI is InChI=1S/C14H29N3O2S/c1-12-5-7-14(8-6-12)16(2)20(18,19)17-9-3-4-13(10-15)11-17/h12-14H,3-11,15H2,1-2H3. The van der Waals surface area contributed by atoms with Gasteiger partial charge < -0.3 is 5.73 Å². The zero-order valence-electron chi connectivity index (χ0n) is 12.8. The van der Waals surface area contributed by atoms with E-state index in [0.29, 0.717) is 25.6 Å². The zero-order chi connectivity index (χ0) is 14.8. The van der Waals surface area contributed by atoms with Gasteiger partial charge in [-0.05, 0) is 56.9 Å². The van der Waals surface area contributed by atoms with Crippen molar-refractivity contribution in [1.29, 1.82) is 0 Å². The highest BCUT2D eigenvalue weighted by atomic mass is 32.2.